The van der Waals surface area contributed by atoms with E-state index in [-0.39, 0.29) is 17.4 Å². The van der Waals surface area contributed by atoms with Crippen LogP contribution in [0.2, 0.25) is 0 Å². The molecule has 138 valence electrons. The number of aromatic hydroxyl groups is 2. The van der Waals surface area contributed by atoms with Gasteiger partial charge in [-0.05, 0) is 29.3 Å². The summed E-state index contributed by atoms with van der Waals surface area (Å²) in [5.74, 6) is -1.19. The van der Waals surface area contributed by atoms with E-state index in [9.17, 15) is 9.59 Å². The zero-order chi connectivity index (χ0) is 19.4. The van der Waals surface area contributed by atoms with Gasteiger partial charge in [0.1, 0.15) is 0 Å². The molecule has 26 heavy (non-hydrogen) atoms. The number of aliphatic carboxylic acids is 1. The molecule has 1 amide bonds. The molecule has 2 aromatic carbocycles. The maximum atomic E-state index is 11.0. The van der Waals surface area contributed by atoms with Gasteiger partial charge in [-0.2, -0.15) is 0 Å². The molecule has 0 saturated carbocycles. The monoisotopic (exact) mass is 377 g/mol. The van der Waals surface area contributed by atoms with Crippen molar-refractivity contribution in [3.8, 4) is 11.5 Å². The molecule has 0 saturated heterocycles. The molecule has 2 rings (SSSR count). The SMILES string of the molecule is O=C(CCCl)NCc1ccccc1.O=C(O)/C=C/c1ccc(O)c(O)c1. The first-order valence-corrected chi connectivity index (χ1v) is 8.25. The fourth-order valence-corrected chi connectivity index (χ4v) is 1.95. The first-order chi connectivity index (χ1) is 12.4. The van der Waals surface area contributed by atoms with Crippen LogP contribution in [0.3, 0.4) is 0 Å². The van der Waals surface area contributed by atoms with Gasteiger partial charge in [-0.25, -0.2) is 4.79 Å². The van der Waals surface area contributed by atoms with Crippen LogP contribution in [-0.4, -0.2) is 33.1 Å². The molecule has 6 nitrogen and oxygen atoms in total. The van der Waals surface area contributed by atoms with Crippen LogP contribution in [0, 0.1) is 0 Å². The Balaban J connectivity index is 0.000000260. The van der Waals surface area contributed by atoms with E-state index in [2.05, 4.69) is 5.32 Å². The number of phenolic OH excluding ortho intramolecular Hbond substituents is 2. The minimum atomic E-state index is -1.06. The number of carboxylic acid groups (broad SMARTS) is 1. The van der Waals surface area contributed by atoms with E-state index in [1.54, 1.807) is 0 Å². The Morgan fingerprint density at radius 1 is 1.04 bits per heavy atom. The maximum Gasteiger partial charge on any atom is 0.328 e. The van der Waals surface area contributed by atoms with Crippen LogP contribution < -0.4 is 5.32 Å². The average Bonchev–Trinajstić information content (AvgIpc) is 2.63. The number of nitrogens with one attached hydrogen (secondary N) is 1. The summed E-state index contributed by atoms with van der Waals surface area (Å²) in [7, 11) is 0. The topological polar surface area (TPSA) is 107 Å². The van der Waals surface area contributed by atoms with E-state index in [4.69, 9.17) is 26.9 Å². The smallest absolute Gasteiger partial charge is 0.328 e. The molecule has 0 aliphatic rings. The Hall–Kier alpha value is -2.99. The molecule has 0 aliphatic heterocycles. The zero-order valence-electron chi connectivity index (χ0n) is 13.9. The lowest BCUT2D eigenvalue weighted by Gasteiger charge is -2.02. The van der Waals surface area contributed by atoms with Crippen LogP contribution in [0.1, 0.15) is 17.5 Å². The van der Waals surface area contributed by atoms with Crippen molar-refractivity contribution in [2.75, 3.05) is 5.88 Å². The first-order valence-electron chi connectivity index (χ1n) is 7.72. The van der Waals surface area contributed by atoms with Crippen molar-refractivity contribution in [3.05, 3.63) is 65.7 Å². The fraction of sp³-hybridized carbons (Fsp3) is 0.158. The van der Waals surface area contributed by atoms with E-state index in [1.807, 2.05) is 30.3 Å². The highest BCUT2D eigenvalue weighted by atomic mass is 35.5. The normalized spacial score (nSPS) is 10.0. The fourth-order valence-electron chi connectivity index (χ4n) is 1.78. The van der Waals surface area contributed by atoms with Gasteiger partial charge in [-0.1, -0.05) is 36.4 Å². The Morgan fingerprint density at radius 3 is 2.31 bits per heavy atom. The molecule has 7 heteroatoms. The Labute approximate surface area is 156 Å². The molecular weight excluding hydrogens is 358 g/mol. The standard InChI is InChI=1S/C10H12ClNO.C9H8O4/c11-7-6-10(13)12-8-9-4-2-1-3-5-9;10-7-3-1-6(5-8(7)11)2-4-9(12)13/h1-5H,6-8H2,(H,12,13);1-5,10-11H,(H,12,13)/b;4-2+. The third-order valence-corrected chi connectivity index (χ3v) is 3.26. The van der Waals surface area contributed by atoms with Crippen LogP contribution in [0.4, 0.5) is 0 Å². The molecule has 0 atom stereocenters. The summed E-state index contributed by atoms with van der Waals surface area (Å²) in [4.78, 5) is 21.1. The minimum absolute atomic E-state index is 0.00106. The van der Waals surface area contributed by atoms with E-state index in [1.165, 1.54) is 24.3 Å². The third-order valence-electron chi connectivity index (χ3n) is 3.07. The average molecular weight is 378 g/mol. The van der Waals surface area contributed by atoms with Crippen LogP contribution in [-0.2, 0) is 16.1 Å². The van der Waals surface area contributed by atoms with Gasteiger partial charge < -0.3 is 20.6 Å². The summed E-state index contributed by atoms with van der Waals surface area (Å²) < 4.78 is 0. The zero-order valence-corrected chi connectivity index (χ0v) is 14.7. The van der Waals surface area contributed by atoms with Crippen molar-refractivity contribution in [2.24, 2.45) is 0 Å². The lowest BCUT2D eigenvalue weighted by Crippen LogP contribution is -2.22. The lowest BCUT2D eigenvalue weighted by molar-refractivity contribution is -0.131. The van der Waals surface area contributed by atoms with Crippen molar-refractivity contribution in [1.82, 2.24) is 5.32 Å². The van der Waals surface area contributed by atoms with Gasteiger partial charge in [0.2, 0.25) is 5.91 Å². The summed E-state index contributed by atoms with van der Waals surface area (Å²) >= 11 is 5.42. The van der Waals surface area contributed by atoms with Crippen molar-refractivity contribution in [1.29, 1.82) is 0 Å². The van der Waals surface area contributed by atoms with Crippen LogP contribution in [0.5, 0.6) is 11.5 Å². The molecule has 0 radical (unpaired) electrons. The Morgan fingerprint density at radius 2 is 1.73 bits per heavy atom. The molecule has 0 fully saturated rings. The number of halogens is 1. The Bertz CT molecular complexity index is 747. The predicted molar refractivity (Wildman–Crippen MR) is 100 cm³/mol. The molecule has 0 heterocycles. The molecule has 0 bridgehead atoms. The minimum Gasteiger partial charge on any atom is -0.504 e. The number of rotatable bonds is 6. The van der Waals surface area contributed by atoms with Crippen LogP contribution in [0.25, 0.3) is 6.08 Å². The van der Waals surface area contributed by atoms with E-state index in [0.717, 1.165) is 11.6 Å². The van der Waals surface area contributed by atoms with Crippen molar-refractivity contribution < 1.29 is 24.9 Å². The summed E-state index contributed by atoms with van der Waals surface area (Å²) in [6, 6.07) is 13.8. The number of hydrogen-bond donors (Lipinski definition) is 4. The quantitative estimate of drug-likeness (QED) is 0.351. The number of hydrogen-bond acceptors (Lipinski definition) is 4. The maximum absolute atomic E-state index is 11.0. The highest BCUT2D eigenvalue weighted by Crippen LogP contribution is 2.25. The number of amides is 1. The largest absolute Gasteiger partial charge is 0.504 e. The summed E-state index contributed by atoms with van der Waals surface area (Å²) in [6.45, 7) is 0.580. The van der Waals surface area contributed by atoms with Crippen molar-refractivity contribution >= 4 is 29.6 Å². The second kappa shape index (κ2) is 11.5. The molecule has 0 aliphatic carbocycles. The molecule has 2 aromatic rings. The van der Waals surface area contributed by atoms with Gasteiger partial charge in [0.15, 0.2) is 11.5 Å². The number of alkyl halides is 1. The van der Waals surface area contributed by atoms with Gasteiger partial charge in [-0.15, -0.1) is 11.6 Å². The Kier molecular flexibility index (Phi) is 9.35. The number of carbonyl (C=O) groups is 2. The summed E-state index contributed by atoms with van der Waals surface area (Å²) in [6.07, 6.45) is 2.65. The number of phenols is 2. The van der Waals surface area contributed by atoms with Crippen molar-refractivity contribution in [3.63, 3.8) is 0 Å². The van der Waals surface area contributed by atoms with E-state index >= 15 is 0 Å². The van der Waals surface area contributed by atoms with Gasteiger partial charge in [0.25, 0.3) is 0 Å². The van der Waals surface area contributed by atoms with Gasteiger partial charge in [0, 0.05) is 24.9 Å². The molecule has 0 unspecified atom stereocenters. The van der Waals surface area contributed by atoms with Crippen LogP contribution >= 0.6 is 11.6 Å². The molecular formula is C19H20ClNO5. The number of benzene rings is 2. The molecule has 0 spiro atoms. The van der Waals surface area contributed by atoms with E-state index in [0.29, 0.717) is 24.4 Å². The number of carboxylic acids is 1. The van der Waals surface area contributed by atoms with Crippen molar-refractivity contribution in [2.45, 2.75) is 13.0 Å². The summed E-state index contributed by atoms with van der Waals surface area (Å²) in [5.41, 5.74) is 1.61. The second-order valence-corrected chi connectivity index (χ2v) is 5.50. The first kappa shape index (κ1) is 21.1. The van der Waals surface area contributed by atoms with Gasteiger partial charge >= 0.3 is 5.97 Å². The van der Waals surface area contributed by atoms with Crippen LogP contribution in [0.15, 0.2) is 54.6 Å². The predicted octanol–water partition coefficient (Wildman–Crippen LogP) is 3.13. The lowest BCUT2D eigenvalue weighted by atomic mass is 10.2. The third kappa shape index (κ3) is 8.75. The second-order valence-electron chi connectivity index (χ2n) is 5.12. The molecule has 0 aromatic heterocycles. The van der Waals surface area contributed by atoms with E-state index < -0.39 is 5.97 Å². The summed E-state index contributed by atoms with van der Waals surface area (Å²) in [5, 5.41) is 29.0. The van der Waals surface area contributed by atoms with Gasteiger partial charge in [0.05, 0.1) is 0 Å². The van der Waals surface area contributed by atoms with Gasteiger partial charge in [-0.3, -0.25) is 4.79 Å². The number of carbonyl (C=O) groups excluding carboxylic acids is 1. The molecule has 4 N–H and O–H groups in total. The highest BCUT2D eigenvalue weighted by molar-refractivity contribution is 6.18. The highest BCUT2D eigenvalue weighted by Gasteiger charge is 1.99.